The number of anilines is 1. The lowest BCUT2D eigenvalue weighted by Crippen LogP contribution is -2.44. The molecule has 3 aromatic carbocycles. The summed E-state index contributed by atoms with van der Waals surface area (Å²) in [5.74, 6) is -0.943. The van der Waals surface area contributed by atoms with Crippen LogP contribution in [-0.4, -0.2) is 14.5 Å². The molecule has 0 aromatic heterocycles. The minimum absolute atomic E-state index is 0.0664. The number of rotatable bonds is 5. The summed E-state index contributed by atoms with van der Waals surface area (Å²) in [4.78, 5) is 0.0664. The van der Waals surface area contributed by atoms with Crippen molar-refractivity contribution in [1.29, 1.82) is 0 Å². The van der Waals surface area contributed by atoms with Crippen molar-refractivity contribution in [2.24, 2.45) is 0 Å². The average Bonchev–Trinajstić information content (AvgIpc) is 2.72. The minimum atomic E-state index is -3.99. The van der Waals surface area contributed by atoms with Crippen molar-refractivity contribution >= 4 is 38.9 Å². The molecule has 0 fully saturated rings. The van der Waals surface area contributed by atoms with Gasteiger partial charge in [-0.3, -0.25) is 4.31 Å². The molecule has 0 bridgehead atoms. The molecule has 0 N–H and O–H groups in total. The summed E-state index contributed by atoms with van der Waals surface area (Å²) in [6.45, 7) is 0. The fraction of sp³-hybridized carbons (Fsp3) is 0.217. The second-order valence-electron chi connectivity index (χ2n) is 7.49. The summed E-state index contributed by atoms with van der Waals surface area (Å²) in [7, 11) is -3.99. The van der Waals surface area contributed by atoms with Gasteiger partial charge >= 0.3 is 0 Å². The number of hydrogen-bond donors (Lipinski definition) is 0. The summed E-state index contributed by atoms with van der Waals surface area (Å²) in [5, 5.41) is 0.717. The van der Waals surface area contributed by atoms with Gasteiger partial charge in [0.2, 0.25) is 0 Å². The molecule has 1 unspecified atom stereocenters. The lowest BCUT2D eigenvalue weighted by atomic mass is 9.94. The van der Waals surface area contributed by atoms with E-state index in [-0.39, 0.29) is 4.90 Å². The lowest BCUT2D eigenvalue weighted by molar-refractivity contribution is 0.515. The van der Waals surface area contributed by atoms with Crippen molar-refractivity contribution in [2.75, 3.05) is 4.31 Å². The summed E-state index contributed by atoms with van der Waals surface area (Å²) in [5.41, 5.74) is 1.54. The number of aryl methyl sites for hydroxylation is 2. The summed E-state index contributed by atoms with van der Waals surface area (Å²) in [6.07, 6.45) is 1.85. The van der Waals surface area contributed by atoms with Crippen molar-refractivity contribution in [1.82, 2.24) is 0 Å². The van der Waals surface area contributed by atoms with Crippen LogP contribution in [0.3, 0.4) is 0 Å². The Bertz CT molecular complexity index is 1220. The van der Waals surface area contributed by atoms with Crippen LogP contribution in [-0.2, 0) is 22.9 Å². The molecule has 3 aromatic rings. The van der Waals surface area contributed by atoms with E-state index in [1.54, 1.807) is 18.2 Å². The Balaban J connectivity index is 1.72. The van der Waals surface area contributed by atoms with Gasteiger partial charge in [-0.2, -0.15) is 0 Å². The minimum Gasteiger partial charge on any atom is -0.263 e. The van der Waals surface area contributed by atoms with E-state index in [1.165, 1.54) is 46.8 Å². The second-order valence-corrected chi connectivity index (χ2v) is 10.2. The van der Waals surface area contributed by atoms with Crippen LogP contribution < -0.4 is 4.31 Å². The molecule has 0 radical (unpaired) electrons. The van der Waals surface area contributed by atoms with Crippen molar-refractivity contribution in [3.8, 4) is 0 Å². The Morgan fingerprint density at radius 1 is 0.935 bits per heavy atom. The van der Waals surface area contributed by atoms with Crippen LogP contribution >= 0.6 is 23.2 Å². The van der Waals surface area contributed by atoms with E-state index in [4.69, 9.17) is 23.2 Å². The molecule has 1 aliphatic heterocycles. The van der Waals surface area contributed by atoms with Gasteiger partial charge in [0.05, 0.1) is 10.6 Å². The second kappa shape index (κ2) is 8.77. The molecule has 0 aliphatic carbocycles. The topological polar surface area (TPSA) is 37.4 Å². The highest BCUT2D eigenvalue weighted by Crippen LogP contribution is 2.37. The number of nitrogens with zero attached hydrogens (tertiary/aromatic N) is 1. The van der Waals surface area contributed by atoms with E-state index < -0.39 is 27.7 Å². The van der Waals surface area contributed by atoms with Crippen LogP contribution in [0.15, 0.2) is 65.6 Å². The van der Waals surface area contributed by atoms with Crippen molar-refractivity contribution < 1.29 is 17.2 Å². The van der Waals surface area contributed by atoms with Crippen LogP contribution in [0.4, 0.5) is 14.5 Å². The van der Waals surface area contributed by atoms with E-state index in [1.807, 2.05) is 0 Å². The van der Waals surface area contributed by atoms with Gasteiger partial charge in [0.15, 0.2) is 0 Å². The first kappa shape index (κ1) is 22.1. The monoisotopic (exact) mass is 481 g/mol. The van der Waals surface area contributed by atoms with Gasteiger partial charge in [-0.15, -0.1) is 0 Å². The third-order valence-electron chi connectivity index (χ3n) is 5.50. The number of hydrogen-bond acceptors (Lipinski definition) is 2. The Kier molecular flexibility index (Phi) is 6.24. The third kappa shape index (κ3) is 4.56. The standard InChI is InChI=1S/C23H19Cl2F2NO2S/c24-17-6-11-21(12-7-17)31(29,30)28-20(9-3-15-1-5-18(25)13-22(15)27)10-4-16-2-8-19(26)14-23(16)28/h1-2,5-8,11-14,20H,3-4,9-10H2. The maximum Gasteiger partial charge on any atom is 0.264 e. The third-order valence-corrected chi connectivity index (χ3v) is 7.86. The molecule has 0 amide bonds. The van der Waals surface area contributed by atoms with Gasteiger partial charge < -0.3 is 0 Å². The Morgan fingerprint density at radius 2 is 1.65 bits per heavy atom. The average molecular weight is 482 g/mol. The van der Waals surface area contributed by atoms with E-state index in [0.717, 1.165) is 5.56 Å². The first-order chi connectivity index (χ1) is 14.8. The van der Waals surface area contributed by atoms with Crippen LogP contribution in [0.1, 0.15) is 24.0 Å². The van der Waals surface area contributed by atoms with Crippen molar-refractivity contribution in [3.63, 3.8) is 0 Å². The summed E-state index contributed by atoms with van der Waals surface area (Å²) < 4.78 is 56.8. The molecule has 162 valence electrons. The smallest absolute Gasteiger partial charge is 0.263 e. The highest BCUT2D eigenvalue weighted by molar-refractivity contribution is 7.92. The first-order valence-electron chi connectivity index (χ1n) is 9.78. The van der Waals surface area contributed by atoms with Crippen LogP contribution in [0.25, 0.3) is 0 Å². The van der Waals surface area contributed by atoms with Gasteiger partial charge in [-0.25, -0.2) is 17.2 Å². The van der Waals surface area contributed by atoms with E-state index in [9.17, 15) is 17.2 Å². The molecule has 3 nitrogen and oxygen atoms in total. The largest absolute Gasteiger partial charge is 0.264 e. The van der Waals surface area contributed by atoms with Crippen LogP contribution in [0, 0.1) is 11.6 Å². The Hall–Kier alpha value is -2.15. The van der Waals surface area contributed by atoms with Gasteiger partial charge in [0, 0.05) is 16.1 Å². The number of halogens is 4. The molecule has 31 heavy (non-hydrogen) atoms. The molecule has 0 saturated heterocycles. The molecule has 8 heteroatoms. The molecule has 1 aliphatic rings. The normalized spacial score (nSPS) is 16.3. The highest BCUT2D eigenvalue weighted by atomic mass is 35.5. The quantitative estimate of drug-likeness (QED) is 0.421. The Morgan fingerprint density at radius 3 is 2.35 bits per heavy atom. The predicted molar refractivity (Wildman–Crippen MR) is 119 cm³/mol. The van der Waals surface area contributed by atoms with Crippen molar-refractivity contribution in [3.05, 3.63) is 93.5 Å². The molecule has 1 heterocycles. The van der Waals surface area contributed by atoms with Crippen molar-refractivity contribution in [2.45, 2.75) is 36.6 Å². The van der Waals surface area contributed by atoms with E-state index in [0.29, 0.717) is 47.0 Å². The number of benzene rings is 3. The van der Waals surface area contributed by atoms with Gasteiger partial charge in [0.25, 0.3) is 10.0 Å². The summed E-state index contributed by atoms with van der Waals surface area (Å²) in [6, 6.07) is 14.1. The van der Waals surface area contributed by atoms with E-state index >= 15 is 0 Å². The molecular weight excluding hydrogens is 463 g/mol. The Labute approximate surface area is 190 Å². The SMILES string of the molecule is O=S(=O)(c1ccc(Cl)cc1)N1c2cc(F)ccc2CCC1CCc1ccc(Cl)cc1F. The fourth-order valence-electron chi connectivity index (χ4n) is 3.94. The first-order valence-corrected chi connectivity index (χ1v) is 12.0. The van der Waals surface area contributed by atoms with E-state index in [2.05, 4.69) is 0 Å². The zero-order valence-corrected chi connectivity index (χ0v) is 18.7. The zero-order chi connectivity index (χ0) is 22.2. The highest BCUT2D eigenvalue weighted by Gasteiger charge is 2.36. The molecule has 0 spiro atoms. The lowest BCUT2D eigenvalue weighted by Gasteiger charge is -2.38. The number of sulfonamides is 1. The van der Waals surface area contributed by atoms with Gasteiger partial charge in [-0.1, -0.05) is 35.3 Å². The van der Waals surface area contributed by atoms with Gasteiger partial charge in [0.1, 0.15) is 11.6 Å². The maximum atomic E-state index is 14.3. The fourth-order valence-corrected chi connectivity index (χ4v) is 5.97. The molecule has 1 atom stereocenters. The van der Waals surface area contributed by atoms with Crippen LogP contribution in [0.2, 0.25) is 10.0 Å². The zero-order valence-electron chi connectivity index (χ0n) is 16.4. The van der Waals surface area contributed by atoms with Crippen LogP contribution in [0.5, 0.6) is 0 Å². The molecule has 4 rings (SSSR count). The molecular formula is C23H19Cl2F2NO2S. The summed E-state index contributed by atoms with van der Waals surface area (Å²) >= 11 is 11.7. The van der Waals surface area contributed by atoms with Gasteiger partial charge in [-0.05, 0) is 85.3 Å². The molecule has 0 saturated carbocycles. The number of fused-ring (bicyclic) bond motifs is 1. The maximum absolute atomic E-state index is 14.3. The predicted octanol–water partition coefficient (Wildman–Crippen LogP) is 6.41.